The van der Waals surface area contributed by atoms with E-state index in [-0.39, 0.29) is 6.54 Å². The minimum absolute atomic E-state index is 0.0451. The summed E-state index contributed by atoms with van der Waals surface area (Å²) in [5.41, 5.74) is 0. The van der Waals surface area contributed by atoms with Gasteiger partial charge in [0.25, 0.3) is 0 Å². The van der Waals surface area contributed by atoms with Gasteiger partial charge < -0.3 is 5.32 Å². The Morgan fingerprint density at radius 2 is 2.29 bits per heavy atom. The molecule has 0 rings (SSSR count). The summed E-state index contributed by atoms with van der Waals surface area (Å²) in [5, 5.41) is 12.2. The van der Waals surface area contributed by atoms with Crippen LogP contribution in [-0.2, 0) is 9.90 Å². The summed E-state index contributed by atoms with van der Waals surface area (Å²) in [7, 11) is 0. The lowest BCUT2D eigenvalue weighted by Gasteiger charge is -1.88. The van der Waals surface area contributed by atoms with Crippen molar-refractivity contribution >= 4 is 5.97 Å². The van der Waals surface area contributed by atoms with Gasteiger partial charge in [0.1, 0.15) is 0 Å². The van der Waals surface area contributed by atoms with Crippen LogP contribution >= 0.6 is 0 Å². The summed E-state index contributed by atoms with van der Waals surface area (Å²) in [6, 6.07) is 0. The number of hydrogen-bond donors (Lipinski definition) is 1. The minimum Gasteiger partial charge on any atom is -0.307 e. The number of carbonyl (C=O) groups is 1. The second-order valence-corrected chi connectivity index (χ2v) is 1.15. The van der Waals surface area contributed by atoms with Crippen LogP contribution in [0.25, 0.3) is 0 Å². The van der Waals surface area contributed by atoms with Crippen molar-refractivity contribution in [2.24, 2.45) is 0 Å². The quantitative estimate of drug-likeness (QED) is 0.524. The molecule has 0 spiro atoms. The maximum absolute atomic E-state index is 9.58. The van der Waals surface area contributed by atoms with E-state index in [4.69, 9.17) is 0 Å². The van der Waals surface area contributed by atoms with Crippen LogP contribution in [0.4, 0.5) is 0 Å². The van der Waals surface area contributed by atoms with E-state index in [1.165, 1.54) is 0 Å². The van der Waals surface area contributed by atoms with E-state index in [0.29, 0.717) is 6.54 Å². The van der Waals surface area contributed by atoms with Crippen LogP contribution in [0.5, 0.6) is 0 Å². The molecular formula is C4H8NO2. The lowest BCUT2D eigenvalue weighted by Crippen LogP contribution is -2.20. The molecule has 0 aliphatic rings. The third-order valence-electron chi connectivity index (χ3n) is 0.519. The average molecular weight is 102 g/mol. The highest BCUT2D eigenvalue weighted by atomic mass is 16.4. The second-order valence-electron chi connectivity index (χ2n) is 1.15. The molecule has 0 aromatic heterocycles. The van der Waals surface area contributed by atoms with E-state index in [0.717, 1.165) is 0 Å². The number of likely N-dealkylation sites (N-methyl/N-ethyl adjacent to an activating group) is 1. The molecule has 0 saturated carbocycles. The maximum atomic E-state index is 9.58. The van der Waals surface area contributed by atoms with E-state index in [2.05, 4.69) is 5.32 Å². The smallest absolute Gasteiger partial charge is 0.307 e. The fraction of sp³-hybridized carbons (Fsp3) is 0.750. The van der Waals surface area contributed by atoms with Crippen molar-refractivity contribution in [1.82, 2.24) is 5.32 Å². The van der Waals surface area contributed by atoms with Gasteiger partial charge in [0.05, 0.1) is 6.54 Å². The van der Waals surface area contributed by atoms with Crippen molar-refractivity contribution in [2.75, 3.05) is 13.1 Å². The molecule has 0 aliphatic heterocycles. The number of nitrogens with one attached hydrogen (secondary N) is 1. The summed E-state index contributed by atoms with van der Waals surface area (Å²) in [6.45, 7) is 2.47. The van der Waals surface area contributed by atoms with E-state index in [1.54, 1.807) is 0 Å². The standard InChI is InChI=1S/C4H8NO2/c1-2-5-3-4(6)7/h5H,2-3H2,1H3. The normalized spacial score (nSPS) is 8.71. The molecule has 41 valence electrons. The van der Waals surface area contributed by atoms with E-state index < -0.39 is 5.97 Å². The van der Waals surface area contributed by atoms with Gasteiger partial charge in [-0.2, -0.15) is 0 Å². The predicted octanol–water partition coefficient (Wildman–Crippen LogP) is -0.447. The third kappa shape index (κ3) is 5.43. The van der Waals surface area contributed by atoms with Gasteiger partial charge in [0, 0.05) is 0 Å². The number of rotatable bonds is 3. The molecule has 0 heterocycles. The van der Waals surface area contributed by atoms with Crippen LogP contribution in [0.1, 0.15) is 6.92 Å². The zero-order valence-electron chi connectivity index (χ0n) is 4.23. The number of carbonyl (C=O) groups excluding carboxylic acids is 1. The van der Waals surface area contributed by atoms with Crippen LogP contribution in [0.3, 0.4) is 0 Å². The van der Waals surface area contributed by atoms with E-state index >= 15 is 0 Å². The Kier molecular flexibility index (Phi) is 3.32. The Labute approximate surface area is 42.3 Å². The van der Waals surface area contributed by atoms with Crippen LogP contribution in [0.2, 0.25) is 0 Å². The van der Waals surface area contributed by atoms with Gasteiger partial charge in [-0.1, -0.05) is 6.92 Å². The van der Waals surface area contributed by atoms with Gasteiger partial charge in [0.15, 0.2) is 0 Å². The zero-order valence-corrected chi connectivity index (χ0v) is 4.23. The van der Waals surface area contributed by atoms with Gasteiger partial charge in [0.2, 0.25) is 0 Å². The maximum Gasteiger partial charge on any atom is 0.369 e. The third-order valence-corrected chi connectivity index (χ3v) is 0.519. The summed E-state index contributed by atoms with van der Waals surface area (Å²) in [4.78, 5) is 9.58. The zero-order chi connectivity index (χ0) is 5.70. The lowest BCUT2D eigenvalue weighted by atomic mass is 10.6. The summed E-state index contributed by atoms with van der Waals surface area (Å²) in [5.74, 6) is -1.05. The van der Waals surface area contributed by atoms with Crippen molar-refractivity contribution < 1.29 is 9.90 Å². The molecule has 0 aliphatic carbocycles. The van der Waals surface area contributed by atoms with Crippen LogP contribution in [-0.4, -0.2) is 19.1 Å². The van der Waals surface area contributed by atoms with Gasteiger partial charge >= 0.3 is 5.97 Å². The second kappa shape index (κ2) is 3.61. The Morgan fingerprint density at radius 3 is 2.43 bits per heavy atom. The molecular weight excluding hydrogens is 94.0 g/mol. The first-order valence-electron chi connectivity index (χ1n) is 2.18. The van der Waals surface area contributed by atoms with Gasteiger partial charge in [-0.25, -0.2) is 9.90 Å². The van der Waals surface area contributed by atoms with Crippen molar-refractivity contribution in [1.29, 1.82) is 0 Å². The monoisotopic (exact) mass is 102 g/mol. The van der Waals surface area contributed by atoms with Crippen LogP contribution in [0.15, 0.2) is 0 Å². The highest BCUT2D eigenvalue weighted by molar-refractivity contribution is 5.68. The SMILES string of the molecule is CCNCC([O])=O. The lowest BCUT2D eigenvalue weighted by molar-refractivity contribution is -0.141. The Morgan fingerprint density at radius 1 is 1.71 bits per heavy atom. The molecule has 0 fully saturated rings. The first-order valence-corrected chi connectivity index (χ1v) is 2.18. The predicted molar refractivity (Wildman–Crippen MR) is 24.2 cm³/mol. The Balaban J connectivity index is 2.82. The highest BCUT2D eigenvalue weighted by Gasteiger charge is 1.92. The molecule has 0 aromatic rings. The summed E-state index contributed by atoms with van der Waals surface area (Å²) in [6.07, 6.45) is 0. The number of hydrogen-bond acceptors (Lipinski definition) is 2. The fourth-order valence-electron chi connectivity index (χ4n) is 0.227. The average Bonchev–Trinajstić information content (AvgIpc) is 1.61. The topological polar surface area (TPSA) is 49.0 Å². The molecule has 0 unspecified atom stereocenters. The van der Waals surface area contributed by atoms with Crippen molar-refractivity contribution in [3.8, 4) is 0 Å². The van der Waals surface area contributed by atoms with Crippen molar-refractivity contribution in [3.63, 3.8) is 0 Å². The van der Waals surface area contributed by atoms with Gasteiger partial charge in [-0.3, -0.25) is 0 Å². The first-order chi connectivity index (χ1) is 3.27. The molecule has 1 N–H and O–H groups in total. The molecule has 0 bridgehead atoms. The Hall–Kier alpha value is -0.570. The molecule has 1 radical (unpaired) electrons. The first kappa shape index (κ1) is 6.43. The fourth-order valence-corrected chi connectivity index (χ4v) is 0.227. The highest BCUT2D eigenvalue weighted by Crippen LogP contribution is 1.57. The molecule has 0 atom stereocenters. The molecule has 3 heteroatoms. The molecule has 0 aromatic carbocycles. The molecule has 0 amide bonds. The van der Waals surface area contributed by atoms with Crippen molar-refractivity contribution in [3.05, 3.63) is 0 Å². The van der Waals surface area contributed by atoms with E-state index in [1.807, 2.05) is 6.92 Å². The Bertz CT molecular complexity index is 62.7. The molecule has 3 nitrogen and oxygen atoms in total. The largest absolute Gasteiger partial charge is 0.369 e. The van der Waals surface area contributed by atoms with Crippen LogP contribution in [0, 0.1) is 0 Å². The van der Waals surface area contributed by atoms with Crippen molar-refractivity contribution in [2.45, 2.75) is 6.92 Å². The summed E-state index contributed by atoms with van der Waals surface area (Å²) >= 11 is 0. The molecule has 0 saturated heterocycles. The molecule has 7 heavy (non-hydrogen) atoms. The van der Waals surface area contributed by atoms with E-state index in [9.17, 15) is 9.90 Å². The van der Waals surface area contributed by atoms with Gasteiger partial charge in [-0.15, -0.1) is 0 Å². The van der Waals surface area contributed by atoms with Gasteiger partial charge in [-0.05, 0) is 6.54 Å². The van der Waals surface area contributed by atoms with Crippen LogP contribution < -0.4 is 5.32 Å². The summed E-state index contributed by atoms with van der Waals surface area (Å²) < 4.78 is 0. The minimum atomic E-state index is -1.05.